The first-order chi connectivity index (χ1) is 9.27. The molecule has 2 rings (SSSR count). The Bertz CT molecular complexity index is 445. The summed E-state index contributed by atoms with van der Waals surface area (Å²) in [6, 6.07) is 20.5. The zero-order chi connectivity index (χ0) is 13.6. The van der Waals surface area contributed by atoms with Crippen molar-refractivity contribution in [2.75, 3.05) is 20.3 Å². The van der Waals surface area contributed by atoms with E-state index in [4.69, 9.17) is 9.26 Å². The SMILES string of the molecule is [CH2-][P+](OCCOC)(c1ccccc1)c1ccccc1. The minimum Gasteiger partial charge on any atom is -0.382 e. The van der Waals surface area contributed by atoms with E-state index < -0.39 is 7.49 Å². The molecule has 2 aromatic carbocycles. The quantitative estimate of drug-likeness (QED) is 0.458. The maximum atomic E-state index is 6.12. The molecule has 0 heterocycles. The molecule has 0 unspecified atom stereocenters. The van der Waals surface area contributed by atoms with Crippen LogP contribution in [0.1, 0.15) is 0 Å². The van der Waals surface area contributed by atoms with Crippen molar-refractivity contribution in [1.29, 1.82) is 0 Å². The molecule has 0 bridgehead atoms. The molecule has 100 valence electrons. The molecule has 0 amide bonds. The predicted molar refractivity (Wildman–Crippen MR) is 82.3 cm³/mol. The van der Waals surface area contributed by atoms with Crippen molar-refractivity contribution in [3.05, 3.63) is 67.3 Å². The lowest BCUT2D eigenvalue weighted by atomic mass is 10.4. The monoisotopic (exact) mass is 274 g/mol. The summed E-state index contributed by atoms with van der Waals surface area (Å²) in [6.45, 7) is 5.55. The van der Waals surface area contributed by atoms with Crippen LogP contribution in [0.5, 0.6) is 0 Å². The molecule has 0 aromatic heterocycles. The van der Waals surface area contributed by atoms with E-state index in [2.05, 4.69) is 30.9 Å². The third-order valence-electron chi connectivity index (χ3n) is 2.95. The van der Waals surface area contributed by atoms with Crippen LogP contribution in [0.3, 0.4) is 0 Å². The zero-order valence-electron chi connectivity index (χ0n) is 11.2. The Morgan fingerprint density at radius 3 is 1.74 bits per heavy atom. The average molecular weight is 274 g/mol. The Kier molecular flexibility index (Phi) is 5.09. The van der Waals surface area contributed by atoms with Crippen molar-refractivity contribution in [3.63, 3.8) is 0 Å². The molecule has 19 heavy (non-hydrogen) atoms. The summed E-state index contributed by atoms with van der Waals surface area (Å²) in [4.78, 5) is 0. The fourth-order valence-electron chi connectivity index (χ4n) is 1.91. The molecular formula is C16H19O2P. The Morgan fingerprint density at radius 2 is 1.32 bits per heavy atom. The van der Waals surface area contributed by atoms with Crippen LogP contribution in [0.15, 0.2) is 60.7 Å². The van der Waals surface area contributed by atoms with Gasteiger partial charge in [0.2, 0.25) is 0 Å². The first-order valence-electron chi connectivity index (χ1n) is 6.25. The molecule has 0 saturated carbocycles. The van der Waals surface area contributed by atoms with Gasteiger partial charge in [0, 0.05) is 7.11 Å². The van der Waals surface area contributed by atoms with Gasteiger partial charge < -0.3 is 4.74 Å². The van der Waals surface area contributed by atoms with E-state index in [0.29, 0.717) is 13.2 Å². The van der Waals surface area contributed by atoms with Crippen molar-refractivity contribution >= 4 is 18.1 Å². The predicted octanol–water partition coefficient (Wildman–Crippen LogP) is 3.02. The van der Waals surface area contributed by atoms with E-state index in [-0.39, 0.29) is 0 Å². The summed E-state index contributed by atoms with van der Waals surface area (Å²) in [5.74, 6) is 0. The molecule has 2 aromatic rings. The highest BCUT2D eigenvalue weighted by molar-refractivity contribution is 7.86. The number of rotatable bonds is 6. The van der Waals surface area contributed by atoms with Gasteiger partial charge in [-0.3, -0.25) is 4.52 Å². The van der Waals surface area contributed by atoms with Crippen molar-refractivity contribution in [2.45, 2.75) is 0 Å². The van der Waals surface area contributed by atoms with Crippen LogP contribution >= 0.6 is 7.49 Å². The Labute approximate surface area is 115 Å². The first kappa shape index (κ1) is 14.2. The van der Waals surface area contributed by atoms with Gasteiger partial charge in [0.05, 0.1) is 24.7 Å². The third-order valence-corrected chi connectivity index (χ3v) is 5.83. The van der Waals surface area contributed by atoms with Gasteiger partial charge in [0.1, 0.15) is 6.61 Å². The van der Waals surface area contributed by atoms with Gasteiger partial charge in [-0.1, -0.05) is 36.4 Å². The van der Waals surface area contributed by atoms with Crippen molar-refractivity contribution in [2.24, 2.45) is 0 Å². The number of benzene rings is 2. The summed E-state index contributed by atoms with van der Waals surface area (Å²) in [5.41, 5.74) is 0. The third kappa shape index (κ3) is 3.42. The highest BCUT2D eigenvalue weighted by Gasteiger charge is 2.32. The lowest BCUT2D eigenvalue weighted by Crippen LogP contribution is -2.23. The number of ether oxygens (including phenoxy) is 1. The van der Waals surface area contributed by atoms with E-state index in [1.165, 1.54) is 0 Å². The van der Waals surface area contributed by atoms with Crippen LogP contribution < -0.4 is 10.6 Å². The largest absolute Gasteiger partial charge is 0.382 e. The lowest BCUT2D eigenvalue weighted by molar-refractivity contribution is 0.153. The van der Waals surface area contributed by atoms with Crippen LogP contribution in [-0.2, 0) is 9.26 Å². The van der Waals surface area contributed by atoms with Gasteiger partial charge >= 0.3 is 0 Å². The standard InChI is InChI=1S/C16H19O2P/c1-17-13-14-18-19(2,15-9-5-3-6-10-15)16-11-7-4-8-12-16/h3-12H,2,13-14H2,1H3. The molecule has 3 heteroatoms. The van der Waals surface area contributed by atoms with Crippen LogP contribution in [0, 0.1) is 6.66 Å². The number of hydrogen-bond acceptors (Lipinski definition) is 2. The second kappa shape index (κ2) is 6.81. The summed E-state index contributed by atoms with van der Waals surface area (Å²) in [7, 11) is -0.356. The molecule has 0 aliphatic heterocycles. The van der Waals surface area contributed by atoms with E-state index >= 15 is 0 Å². The molecule has 0 N–H and O–H groups in total. The van der Waals surface area contributed by atoms with Crippen LogP contribution in [0.4, 0.5) is 0 Å². The highest BCUT2D eigenvalue weighted by atomic mass is 31.2. The molecule has 0 radical (unpaired) electrons. The zero-order valence-corrected chi connectivity index (χ0v) is 12.1. The Balaban J connectivity index is 2.33. The van der Waals surface area contributed by atoms with Gasteiger partial charge in [-0.25, -0.2) is 0 Å². The van der Waals surface area contributed by atoms with Gasteiger partial charge in [-0.15, -0.1) is 6.66 Å². The van der Waals surface area contributed by atoms with Crippen LogP contribution in [-0.4, -0.2) is 20.3 Å². The Hall–Kier alpha value is -1.21. The summed E-state index contributed by atoms with van der Waals surface area (Å²) in [5, 5.41) is 2.30. The first-order valence-corrected chi connectivity index (χ1v) is 8.15. The van der Waals surface area contributed by atoms with E-state index in [1.807, 2.05) is 36.4 Å². The van der Waals surface area contributed by atoms with Crippen molar-refractivity contribution < 1.29 is 9.26 Å². The van der Waals surface area contributed by atoms with Gasteiger partial charge in [0.25, 0.3) is 0 Å². The summed E-state index contributed by atoms with van der Waals surface area (Å²) < 4.78 is 11.2. The van der Waals surface area contributed by atoms with Crippen molar-refractivity contribution in [3.8, 4) is 0 Å². The van der Waals surface area contributed by atoms with E-state index in [9.17, 15) is 0 Å². The van der Waals surface area contributed by atoms with Gasteiger partial charge in [-0.2, -0.15) is 0 Å². The summed E-state index contributed by atoms with van der Waals surface area (Å²) >= 11 is 0. The van der Waals surface area contributed by atoms with Crippen LogP contribution in [0.25, 0.3) is 0 Å². The fraction of sp³-hybridized carbons (Fsp3) is 0.188. The molecule has 0 spiro atoms. The highest BCUT2D eigenvalue weighted by Crippen LogP contribution is 2.55. The Morgan fingerprint density at radius 1 is 0.842 bits per heavy atom. The average Bonchev–Trinajstić information content (AvgIpc) is 2.49. The molecule has 0 atom stereocenters. The molecule has 0 aliphatic rings. The normalized spacial score (nSPS) is 11.5. The maximum absolute atomic E-state index is 6.12. The fourth-order valence-corrected chi connectivity index (χ4v) is 4.20. The molecule has 0 saturated heterocycles. The maximum Gasteiger partial charge on any atom is 0.111 e. The minimum absolute atomic E-state index is 0.553. The second-order valence-corrected chi connectivity index (χ2v) is 7.01. The molecular weight excluding hydrogens is 255 g/mol. The molecule has 0 aliphatic carbocycles. The van der Waals surface area contributed by atoms with Crippen molar-refractivity contribution in [1.82, 2.24) is 0 Å². The van der Waals surface area contributed by atoms with E-state index in [0.717, 1.165) is 10.6 Å². The van der Waals surface area contributed by atoms with Crippen LogP contribution in [0.2, 0.25) is 0 Å². The number of methoxy groups -OCH3 is 1. The van der Waals surface area contributed by atoms with Gasteiger partial charge in [0.15, 0.2) is 0 Å². The van der Waals surface area contributed by atoms with E-state index in [1.54, 1.807) is 7.11 Å². The summed E-state index contributed by atoms with van der Waals surface area (Å²) in [6.07, 6.45) is 0. The van der Waals surface area contributed by atoms with Gasteiger partial charge in [-0.05, 0) is 24.3 Å². The minimum atomic E-state index is -2.03. The molecule has 2 nitrogen and oxygen atoms in total. The number of hydrogen-bond donors (Lipinski definition) is 0. The smallest absolute Gasteiger partial charge is 0.111 e. The second-order valence-electron chi connectivity index (χ2n) is 4.24. The lowest BCUT2D eigenvalue weighted by Gasteiger charge is -2.28. The topological polar surface area (TPSA) is 18.5 Å². The molecule has 0 fully saturated rings.